The predicted octanol–water partition coefficient (Wildman–Crippen LogP) is 3.77. The molecule has 1 nitrogen and oxygen atoms in total. The molecule has 0 amide bonds. The summed E-state index contributed by atoms with van der Waals surface area (Å²) in [7, 11) is 0. The van der Waals surface area contributed by atoms with Gasteiger partial charge in [-0.3, -0.25) is 0 Å². The largest absolute Gasteiger partial charge is 0.487 e. The number of rotatable bonds is 2. The number of hydrogen-bond donors (Lipinski definition) is 0. The molecule has 2 aromatic rings. The Morgan fingerprint density at radius 2 is 1.80 bits per heavy atom. The van der Waals surface area contributed by atoms with E-state index in [2.05, 4.69) is 0 Å². The van der Waals surface area contributed by atoms with E-state index < -0.39 is 0 Å². The highest BCUT2D eigenvalue weighted by Crippen LogP contribution is 2.29. The lowest BCUT2D eigenvalue weighted by Gasteiger charge is -2.13. The summed E-state index contributed by atoms with van der Waals surface area (Å²) < 4.78 is 19.0. The third-order valence-electron chi connectivity index (χ3n) is 2.19. The van der Waals surface area contributed by atoms with Gasteiger partial charge in [0.05, 0.1) is 6.10 Å². The van der Waals surface area contributed by atoms with Gasteiger partial charge >= 0.3 is 0 Å². The van der Waals surface area contributed by atoms with Gasteiger partial charge in [0.15, 0.2) is 11.6 Å². The Hall–Kier alpha value is -1.57. The van der Waals surface area contributed by atoms with Crippen molar-refractivity contribution in [2.24, 2.45) is 0 Å². The summed E-state index contributed by atoms with van der Waals surface area (Å²) in [6, 6.07) is 10.8. The number of fused-ring (bicyclic) bond motifs is 1. The summed E-state index contributed by atoms with van der Waals surface area (Å²) in [6.45, 7) is 3.78. The molecule has 0 aliphatic rings. The van der Waals surface area contributed by atoms with Crippen molar-refractivity contribution in [2.45, 2.75) is 20.0 Å². The average Bonchev–Trinajstić information content (AvgIpc) is 2.22. The molecule has 0 atom stereocenters. The van der Waals surface area contributed by atoms with Gasteiger partial charge in [-0.1, -0.05) is 30.3 Å². The van der Waals surface area contributed by atoms with Crippen molar-refractivity contribution in [1.82, 2.24) is 0 Å². The van der Waals surface area contributed by atoms with E-state index in [1.165, 1.54) is 6.07 Å². The lowest BCUT2D eigenvalue weighted by atomic mass is 10.1. The zero-order valence-electron chi connectivity index (χ0n) is 8.83. The Morgan fingerprint density at radius 1 is 1.07 bits per heavy atom. The Morgan fingerprint density at radius 3 is 2.53 bits per heavy atom. The fraction of sp³-hybridized carbons (Fsp3) is 0.231. The highest BCUT2D eigenvalue weighted by Gasteiger charge is 2.09. The molecule has 0 unspecified atom stereocenters. The normalized spacial score (nSPS) is 10.9. The van der Waals surface area contributed by atoms with Crippen LogP contribution in [-0.4, -0.2) is 6.10 Å². The van der Waals surface area contributed by atoms with Crippen LogP contribution in [0, 0.1) is 5.82 Å². The molecule has 2 aromatic carbocycles. The summed E-state index contributed by atoms with van der Waals surface area (Å²) in [5, 5.41) is 1.82. The van der Waals surface area contributed by atoms with Crippen LogP contribution in [0.2, 0.25) is 0 Å². The van der Waals surface area contributed by atoms with E-state index in [0.29, 0.717) is 5.75 Å². The minimum atomic E-state index is -0.303. The highest BCUT2D eigenvalue weighted by molar-refractivity contribution is 5.88. The van der Waals surface area contributed by atoms with Crippen LogP contribution in [0.3, 0.4) is 0 Å². The topological polar surface area (TPSA) is 9.23 Å². The summed E-state index contributed by atoms with van der Waals surface area (Å²) in [6.07, 6.45) is -0.0229. The summed E-state index contributed by atoms with van der Waals surface area (Å²) in [5.74, 6) is 0.0468. The first-order valence-corrected chi connectivity index (χ1v) is 5.02. The fourth-order valence-electron chi connectivity index (χ4n) is 1.57. The van der Waals surface area contributed by atoms with Crippen LogP contribution in [-0.2, 0) is 0 Å². The predicted molar refractivity (Wildman–Crippen MR) is 59.7 cm³/mol. The summed E-state index contributed by atoms with van der Waals surface area (Å²) in [5.41, 5.74) is 0. The van der Waals surface area contributed by atoms with Gasteiger partial charge in [-0.05, 0) is 25.3 Å². The first-order chi connectivity index (χ1) is 7.18. The van der Waals surface area contributed by atoms with Crippen molar-refractivity contribution in [2.75, 3.05) is 0 Å². The lowest BCUT2D eigenvalue weighted by Crippen LogP contribution is -2.07. The molecule has 0 bridgehead atoms. The smallest absolute Gasteiger partial charge is 0.165 e. The van der Waals surface area contributed by atoms with Crippen LogP contribution in [0.4, 0.5) is 4.39 Å². The van der Waals surface area contributed by atoms with Gasteiger partial charge in [-0.25, -0.2) is 4.39 Å². The number of halogens is 1. The number of benzene rings is 2. The minimum Gasteiger partial charge on any atom is -0.487 e. The molecule has 0 fully saturated rings. The monoisotopic (exact) mass is 204 g/mol. The molecule has 0 aliphatic heterocycles. The van der Waals surface area contributed by atoms with Gasteiger partial charge in [0, 0.05) is 5.39 Å². The lowest BCUT2D eigenvalue weighted by molar-refractivity contribution is 0.234. The first-order valence-electron chi connectivity index (χ1n) is 5.02. The molecule has 0 heterocycles. The summed E-state index contributed by atoms with van der Waals surface area (Å²) in [4.78, 5) is 0. The Balaban J connectivity index is 2.63. The zero-order chi connectivity index (χ0) is 10.8. The molecule has 2 heteroatoms. The van der Waals surface area contributed by atoms with E-state index >= 15 is 0 Å². The molecular weight excluding hydrogens is 191 g/mol. The van der Waals surface area contributed by atoms with E-state index in [-0.39, 0.29) is 11.9 Å². The molecule has 0 spiro atoms. The molecule has 0 aromatic heterocycles. The van der Waals surface area contributed by atoms with Crippen molar-refractivity contribution in [3.8, 4) is 5.75 Å². The molecule has 0 N–H and O–H groups in total. The minimum absolute atomic E-state index is 0.0229. The van der Waals surface area contributed by atoms with Gasteiger partial charge in [0.2, 0.25) is 0 Å². The third kappa shape index (κ3) is 1.94. The third-order valence-corrected chi connectivity index (χ3v) is 2.19. The molecule has 0 radical (unpaired) electrons. The quantitative estimate of drug-likeness (QED) is 0.723. The molecule has 0 saturated heterocycles. The standard InChI is InChI=1S/C13H13FO/c1-9(2)15-13-11-6-4-3-5-10(11)7-8-12(13)14/h3-9H,1-2H3. The van der Waals surface area contributed by atoms with Crippen LogP contribution in [0.25, 0.3) is 10.8 Å². The Kier molecular flexibility index (Phi) is 2.58. The molecule has 0 aliphatic carbocycles. The van der Waals surface area contributed by atoms with Crippen molar-refractivity contribution >= 4 is 10.8 Å². The second kappa shape index (κ2) is 3.89. The van der Waals surface area contributed by atoms with E-state index in [1.807, 2.05) is 38.1 Å². The summed E-state index contributed by atoms with van der Waals surface area (Å²) >= 11 is 0. The Bertz CT molecular complexity index is 477. The van der Waals surface area contributed by atoms with Crippen LogP contribution in [0.5, 0.6) is 5.75 Å². The van der Waals surface area contributed by atoms with Crippen molar-refractivity contribution in [3.63, 3.8) is 0 Å². The Labute approximate surface area is 88.5 Å². The van der Waals surface area contributed by atoms with Crippen LogP contribution in [0.1, 0.15) is 13.8 Å². The fourth-order valence-corrected chi connectivity index (χ4v) is 1.57. The molecule has 2 rings (SSSR count). The van der Waals surface area contributed by atoms with Gasteiger partial charge in [-0.2, -0.15) is 0 Å². The van der Waals surface area contributed by atoms with E-state index in [9.17, 15) is 4.39 Å². The molecule has 78 valence electrons. The number of hydrogen-bond acceptors (Lipinski definition) is 1. The van der Waals surface area contributed by atoms with E-state index in [1.54, 1.807) is 6.07 Å². The second-order valence-electron chi connectivity index (χ2n) is 3.76. The number of ether oxygens (including phenoxy) is 1. The van der Waals surface area contributed by atoms with Gasteiger partial charge in [0.1, 0.15) is 0 Å². The van der Waals surface area contributed by atoms with Crippen molar-refractivity contribution < 1.29 is 9.13 Å². The van der Waals surface area contributed by atoms with Crippen molar-refractivity contribution in [1.29, 1.82) is 0 Å². The SMILES string of the molecule is CC(C)Oc1c(F)ccc2ccccc12. The van der Waals surface area contributed by atoms with Gasteiger partial charge in [-0.15, -0.1) is 0 Å². The molecular formula is C13H13FO. The van der Waals surface area contributed by atoms with Gasteiger partial charge < -0.3 is 4.74 Å². The van der Waals surface area contributed by atoms with Crippen molar-refractivity contribution in [3.05, 3.63) is 42.2 Å². The molecule has 15 heavy (non-hydrogen) atoms. The maximum absolute atomic E-state index is 13.6. The second-order valence-corrected chi connectivity index (χ2v) is 3.76. The van der Waals surface area contributed by atoms with Gasteiger partial charge in [0.25, 0.3) is 0 Å². The highest BCUT2D eigenvalue weighted by atomic mass is 19.1. The first kappa shape index (κ1) is 9.97. The zero-order valence-corrected chi connectivity index (χ0v) is 8.83. The average molecular weight is 204 g/mol. The maximum Gasteiger partial charge on any atom is 0.165 e. The van der Waals surface area contributed by atoms with E-state index in [0.717, 1.165) is 10.8 Å². The maximum atomic E-state index is 13.6. The van der Waals surface area contributed by atoms with Crippen LogP contribution < -0.4 is 4.74 Å². The van der Waals surface area contributed by atoms with E-state index in [4.69, 9.17) is 4.74 Å². The van der Waals surface area contributed by atoms with Crippen LogP contribution in [0.15, 0.2) is 36.4 Å². The van der Waals surface area contributed by atoms with Crippen LogP contribution >= 0.6 is 0 Å². The molecule has 0 saturated carbocycles.